The monoisotopic (exact) mass is 558 g/mol. The minimum atomic E-state index is -0.546. The third-order valence-corrected chi connectivity index (χ3v) is 6.78. The number of nitrogens with two attached hydrogens (primary N) is 1. The van der Waals surface area contributed by atoms with Crippen LogP contribution in [-0.4, -0.2) is 36.2 Å². The molecule has 3 N–H and O–H groups in total. The Balaban J connectivity index is 1.66. The van der Waals surface area contributed by atoms with Crippen molar-refractivity contribution in [2.45, 2.75) is 19.4 Å². The molecule has 1 atom stereocenters. The number of rotatable bonds is 7. The molecule has 3 heterocycles. The standard InChI is InChI=1S/C32H30N8O2/c1-5-17-34-30-28(29(33)37-39(30)4)31(41)36-25(6-2)26-18-23-12-10-11-22(16-15-21-19-35-38(3)20-21)27(23)32(42)40(26)24-13-8-7-9-14-24/h5,7-14,17-20,25H,1,6H2,2-4H3,(H2,33,37)(H,36,41)/b34-17-. The molecule has 2 aromatic carbocycles. The first-order chi connectivity index (χ1) is 20.3. The molecule has 3 aromatic heterocycles. The van der Waals surface area contributed by atoms with Gasteiger partial charge in [0.2, 0.25) is 0 Å². The number of fused-ring (bicyclic) bond motifs is 1. The number of aromatic nitrogens is 5. The molecule has 1 unspecified atom stereocenters. The molecular formula is C32H30N8O2. The van der Waals surface area contributed by atoms with E-state index in [9.17, 15) is 9.59 Å². The number of pyridine rings is 1. The molecule has 42 heavy (non-hydrogen) atoms. The van der Waals surface area contributed by atoms with Gasteiger partial charge in [-0.1, -0.05) is 61.8 Å². The molecule has 10 nitrogen and oxygen atoms in total. The first-order valence-corrected chi connectivity index (χ1v) is 13.4. The fraction of sp³-hybridized carbons (Fsp3) is 0.156. The molecule has 210 valence electrons. The van der Waals surface area contributed by atoms with E-state index in [-0.39, 0.29) is 16.9 Å². The van der Waals surface area contributed by atoms with Gasteiger partial charge >= 0.3 is 0 Å². The van der Waals surface area contributed by atoms with Gasteiger partial charge in [-0.15, -0.1) is 0 Å². The van der Waals surface area contributed by atoms with Crippen molar-refractivity contribution < 1.29 is 4.79 Å². The molecule has 0 aliphatic carbocycles. The van der Waals surface area contributed by atoms with Gasteiger partial charge in [0, 0.05) is 43.5 Å². The number of hydrogen-bond donors (Lipinski definition) is 2. The fourth-order valence-corrected chi connectivity index (χ4v) is 4.85. The summed E-state index contributed by atoms with van der Waals surface area (Å²) < 4.78 is 4.75. The Labute approximate surface area is 242 Å². The number of nitrogens with zero attached hydrogens (tertiary/aromatic N) is 6. The van der Waals surface area contributed by atoms with Crippen molar-refractivity contribution in [1.82, 2.24) is 29.4 Å². The Morgan fingerprint density at radius 3 is 2.64 bits per heavy atom. The topological polar surface area (TPSA) is 125 Å². The highest BCUT2D eigenvalue weighted by atomic mass is 16.2. The second-order valence-corrected chi connectivity index (χ2v) is 9.62. The average Bonchev–Trinajstić information content (AvgIpc) is 3.54. The number of para-hydroxylation sites is 1. The predicted molar refractivity (Wildman–Crippen MR) is 165 cm³/mol. The van der Waals surface area contributed by atoms with Gasteiger partial charge in [-0.05, 0) is 36.1 Å². The summed E-state index contributed by atoms with van der Waals surface area (Å²) in [5, 5.41) is 12.6. The Morgan fingerprint density at radius 1 is 1.17 bits per heavy atom. The molecule has 5 rings (SSSR count). The first-order valence-electron chi connectivity index (χ1n) is 13.4. The minimum Gasteiger partial charge on any atom is -0.381 e. The third-order valence-electron chi connectivity index (χ3n) is 6.78. The zero-order valence-electron chi connectivity index (χ0n) is 23.6. The maximum atomic E-state index is 14.3. The van der Waals surface area contributed by atoms with Crippen molar-refractivity contribution in [3.63, 3.8) is 0 Å². The molecule has 0 spiro atoms. The number of benzene rings is 2. The number of nitrogen functional groups attached to an aromatic ring is 1. The summed E-state index contributed by atoms with van der Waals surface area (Å²) >= 11 is 0. The van der Waals surface area contributed by atoms with Gasteiger partial charge in [-0.2, -0.15) is 10.2 Å². The van der Waals surface area contributed by atoms with E-state index in [1.54, 1.807) is 22.5 Å². The van der Waals surface area contributed by atoms with Crippen LogP contribution in [0.4, 0.5) is 11.6 Å². The lowest BCUT2D eigenvalue weighted by molar-refractivity contribution is 0.0935. The van der Waals surface area contributed by atoms with E-state index in [4.69, 9.17) is 5.73 Å². The lowest BCUT2D eigenvalue weighted by atomic mass is 10.0. The molecule has 0 bridgehead atoms. The SMILES string of the molecule is C=C/C=N\c1c(C(=O)NC(CC)c2cc3cccc(C#Cc4cnn(C)c4)c3c(=O)n2-c2ccccc2)c(N)nn1C. The Kier molecular flexibility index (Phi) is 7.84. The number of hydrogen-bond acceptors (Lipinski definition) is 6. The second-order valence-electron chi connectivity index (χ2n) is 9.62. The maximum Gasteiger partial charge on any atom is 0.264 e. The number of amides is 1. The highest BCUT2D eigenvalue weighted by molar-refractivity contribution is 6.03. The number of allylic oxidation sites excluding steroid dienone is 1. The summed E-state index contributed by atoms with van der Waals surface area (Å²) in [6.45, 7) is 5.58. The summed E-state index contributed by atoms with van der Waals surface area (Å²) in [4.78, 5) is 32.2. The summed E-state index contributed by atoms with van der Waals surface area (Å²) in [6.07, 6.45) is 6.96. The smallest absolute Gasteiger partial charge is 0.264 e. The van der Waals surface area contributed by atoms with Crippen molar-refractivity contribution in [2.24, 2.45) is 19.1 Å². The summed E-state index contributed by atoms with van der Waals surface area (Å²) in [7, 11) is 3.48. The van der Waals surface area contributed by atoms with E-state index >= 15 is 0 Å². The predicted octanol–water partition coefficient (Wildman–Crippen LogP) is 4.21. The largest absolute Gasteiger partial charge is 0.381 e. The van der Waals surface area contributed by atoms with Crippen LogP contribution in [0.3, 0.4) is 0 Å². The van der Waals surface area contributed by atoms with Crippen LogP contribution in [0.15, 0.2) is 89.4 Å². The van der Waals surface area contributed by atoms with E-state index in [1.807, 2.05) is 74.8 Å². The van der Waals surface area contributed by atoms with Crippen molar-refractivity contribution in [2.75, 3.05) is 5.73 Å². The average molecular weight is 559 g/mol. The molecule has 0 radical (unpaired) electrons. The third kappa shape index (κ3) is 5.36. The Bertz CT molecular complexity index is 1950. The van der Waals surface area contributed by atoms with E-state index in [2.05, 4.69) is 38.9 Å². The van der Waals surface area contributed by atoms with Crippen LogP contribution >= 0.6 is 0 Å². The molecule has 0 saturated heterocycles. The van der Waals surface area contributed by atoms with E-state index < -0.39 is 11.9 Å². The fourth-order valence-electron chi connectivity index (χ4n) is 4.85. The van der Waals surface area contributed by atoms with E-state index in [1.165, 1.54) is 17.0 Å². The van der Waals surface area contributed by atoms with E-state index in [0.29, 0.717) is 40.0 Å². The van der Waals surface area contributed by atoms with Crippen molar-refractivity contribution in [3.05, 3.63) is 112 Å². The van der Waals surface area contributed by atoms with Crippen LogP contribution in [0.25, 0.3) is 16.5 Å². The molecule has 1 amide bonds. The lowest BCUT2D eigenvalue weighted by Crippen LogP contribution is -2.33. The number of aryl methyl sites for hydroxylation is 2. The van der Waals surface area contributed by atoms with Crippen LogP contribution in [0, 0.1) is 11.8 Å². The van der Waals surface area contributed by atoms with Crippen molar-refractivity contribution in [3.8, 4) is 17.5 Å². The van der Waals surface area contributed by atoms with Crippen LogP contribution in [-0.2, 0) is 14.1 Å². The molecule has 10 heteroatoms. The molecular weight excluding hydrogens is 528 g/mol. The summed E-state index contributed by atoms with van der Waals surface area (Å²) in [5.41, 5.74) is 8.65. The molecule has 0 saturated carbocycles. The molecule has 0 fully saturated rings. The van der Waals surface area contributed by atoms with E-state index in [0.717, 1.165) is 5.56 Å². The number of aliphatic imine (C=N–C) groups is 1. The number of carbonyl (C=O) groups is 1. The van der Waals surface area contributed by atoms with Gasteiger partial charge in [0.1, 0.15) is 5.56 Å². The van der Waals surface area contributed by atoms with Gasteiger partial charge < -0.3 is 11.1 Å². The van der Waals surface area contributed by atoms with Gasteiger partial charge in [0.25, 0.3) is 11.5 Å². The minimum absolute atomic E-state index is 0.0526. The quantitative estimate of drug-likeness (QED) is 0.229. The lowest BCUT2D eigenvalue weighted by Gasteiger charge is -2.23. The van der Waals surface area contributed by atoms with Gasteiger partial charge in [-0.3, -0.25) is 18.8 Å². The Morgan fingerprint density at radius 2 is 1.95 bits per heavy atom. The highest BCUT2D eigenvalue weighted by Crippen LogP contribution is 2.28. The number of nitrogens with one attached hydrogen (secondary N) is 1. The number of anilines is 1. The Hall–Kier alpha value is -5.69. The summed E-state index contributed by atoms with van der Waals surface area (Å²) in [6, 6.07) is 16.3. The second kappa shape index (κ2) is 11.8. The van der Waals surface area contributed by atoms with Crippen molar-refractivity contribution in [1.29, 1.82) is 0 Å². The van der Waals surface area contributed by atoms with Crippen LogP contribution in [0.1, 0.15) is 46.6 Å². The van der Waals surface area contributed by atoms with Crippen LogP contribution in [0.5, 0.6) is 0 Å². The summed E-state index contributed by atoms with van der Waals surface area (Å²) in [5.74, 6) is 6.16. The zero-order chi connectivity index (χ0) is 29.8. The highest BCUT2D eigenvalue weighted by Gasteiger charge is 2.26. The molecule has 0 aliphatic rings. The van der Waals surface area contributed by atoms with Gasteiger partial charge in [-0.25, -0.2) is 9.67 Å². The molecule has 5 aromatic rings. The first kappa shape index (κ1) is 27.9. The van der Waals surface area contributed by atoms with Crippen molar-refractivity contribution >= 4 is 34.5 Å². The molecule has 0 aliphatic heterocycles. The van der Waals surface area contributed by atoms with Gasteiger partial charge in [0.05, 0.1) is 23.2 Å². The van der Waals surface area contributed by atoms with Crippen LogP contribution in [0.2, 0.25) is 0 Å². The number of carbonyl (C=O) groups excluding carboxylic acids is 1. The normalized spacial score (nSPS) is 11.8. The zero-order valence-corrected chi connectivity index (χ0v) is 23.6. The maximum absolute atomic E-state index is 14.3. The van der Waals surface area contributed by atoms with Crippen LogP contribution < -0.4 is 16.6 Å². The van der Waals surface area contributed by atoms with Gasteiger partial charge in [0.15, 0.2) is 11.6 Å².